The molecule has 0 aliphatic carbocycles. The van der Waals surface area contributed by atoms with Crippen molar-refractivity contribution in [3.8, 4) is 11.3 Å². The Labute approximate surface area is 243 Å². The first-order valence-corrected chi connectivity index (χ1v) is 14.1. The number of rotatable bonds is 5. The molecule has 2 aromatic heterocycles. The fraction of sp³-hybridized carbons (Fsp3) is 0.212. The van der Waals surface area contributed by atoms with E-state index < -0.39 is 18.1 Å². The predicted octanol–water partition coefficient (Wildman–Crippen LogP) is 5.70. The van der Waals surface area contributed by atoms with Crippen molar-refractivity contribution in [3.05, 3.63) is 103 Å². The lowest BCUT2D eigenvalue weighted by Crippen LogP contribution is -2.65. The van der Waals surface area contributed by atoms with Crippen molar-refractivity contribution in [2.24, 2.45) is 7.05 Å². The zero-order chi connectivity index (χ0) is 28.8. The number of piperazine rings is 1. The van der Waals surface area contributed by atoms with Gasteiger partial charge in [0.05, 0.1) is 34.5 Å². The minimum Gasteiger partial charge on any atom is -0.480 e. The molecule has 0 spiro atoms. The van der Waals surface area contributed by atoms with Gasteiger partial charge in [0, 0.05) is 25.4 Å². The minimum absolute atomic E-state index is 0.118. The van der Waals surface area contributed by atoms with Crippen molar-refractivity contribution in [1.29, 1.82) is 0 Å². The van der Waals surface area contributed by atoms with E-state index in [1.165, 1.54) is 4.90 Å². The minimum atomic E-state index is -1.07. The van der Waals surface area contributed by atoms with Crippen LogP contribution >= 0.6 is 0 Å². The zero-order valence-corrected chi connectivity index (χ0v) is 23.1. The number of hydrogen-bond acceptors (Lipinski definition) is 5. The number of carbonyl (C=O) groups is 2. The number of aromatic nitrogens is 3. The summed E-state index contributed by atoms with van der Waals surface area (Å²) in [7, 11) is 1.97. The summed E-state index contributed by atoms with van der Waals surface area (Å²) in [5, 5.41) is 10.6. The van der Waals surface area contributed by atoms with Crippen LogP contribution in [0, 0.1) is 0 Å². The fourth-order valence-corrected chi connectivity index (χ4v) is 6.50. The standard InChI is InChI=1S/C33H30N6O3/c1-36-20-19-26-29(36)28(22-11-5-2-6-12-22)35-32(34-26)39-25-17-18-27(39)30(31(40)41)37(21-25)33(42)38(23-13-7-3-8-14-23)24-15-9-4-10-16-24/h2-16,19-20,25,27,30H,17-18,21H2,1H3,(H,40,41)/t25?,27-,30+/m1/s1. The van der Waals surface area contributed by atoms with Gasteiger partial charge in [-0.1, -0.05) is 66.7 Å². The smallest absolute Gasteiger partial charge is 0.329 e. The summed E-state index contributed by atoms with van der Waals surface area (Å²) in [6, 6.07) is 28.6. The number of benzene rings is 3. The van der Waals surface area contributed by atoms with Gasteiger partial charge in [0.1, 0.15) is 5.69 Å². The van der Waals surface area contributed by atoms with Gasteiger partial charge in [-0.25, -0.2) is 19.6 Å². The molecule has 2 amide bonds. The largest absolute Gasteiger partial charge is 0.480 e. The van der Waals surface area contributed by atoms with Crippen molar-refractivity contribution in [1.82, 2.24) is 19.4 Å². The van der Waals surface area contributed by atoms with Crippen molar-refractivity contribution in [2.75, 3.05) is 16.3 Å². The highest BCUT2D eigenvalue weighted by Gasteiger charge is 2.53. The van der Waals surface area contributed by atoms with Crippen molar-refractivity contribution in [2.45, 2.75) is 31.0 Å². The first-order valence-electron chi connectivity index (χ1n) is 14.1. The molecule has 2 saturated heterocycles. The summed E-state index contributed by atoms with van der Waals surface area (Å²) >= 11 is 0. The average Bonchev–Trinajstić information content (AvgIpc) is 3.55. The molecule has 1 unspecified atom stereocenters. The molecular formula is C33H30N6O3. The summed E-state index contributed by atoms with van der Waals surface area (Å²) in [4.78, 5) is 42.4. The second-order valence-electron chi connectivity index (χ2n) is 10.8. The van der Waals surface area contributed by atoms with Crippen LogP contribution in [0.3, 0.4) is 0 Å². The molecule has 3 atom stereocenters. The molecule has 2 aliphatic heterocycles. The topological polar surface area (TPSA) is 94.8 Å². The number of aliphatic carboxylic acids is 1. The fourth-order valence-electron chi connectivity index (χ4n) is 6.50. The van der Waals surface area contributed by atoms with Gasteiger partial charge < -0.3 is 19.5 Å². The highest BCUT2D eigenvalue weighted by atomic mass is 16.4. The summed E-state index contributed by atoms with van der Waals surface area (Å²) in [6.45, 7) is 0.249. The molecule has 3 aromatic carbocycles. The molecule has 5 aromatic rings. The van der Waals surface area contributed by atoms with Crippen molar-refractivity contribution < 1.29 is 14.7 Å². The lowest BCUT2D eigenvalue weighted by Gasteiger charge is -2.46. The predicted molar refractivity (Wildman–Crippen MR) is 162 cm³/mol. The molecule has 1 N–H and O–H groups in total. The van der Waals surface area contributed by atoms with Gasteiger partial charge in [0.2, 0.25) is 5.95 Å². The summed E-state index contributed by atoms with van der Waals surface area (Å²) < 4.78 is 2.01. The molecule has 9 nitrogen and oxygen atoms in total. The molecule has 9 heteroatoms. The van der Waals surface area contributed by atoms with E-state index in [2.05, 4.69) is 4.90 Å². The molecule has 2 bridgehead atoms. The summed E-state index contributed by atoms with van der Waals surface area (Å²) in [6.07, 6.45) is 3.33. The number of likely N-dealkylation sites (tertiary alicyclic amines) is 1. The van der Waals surface area contributed by atoms with E-state index in [0.717, 1.165) is 28.7 Å². The third-order valence-corrected chi connectivity index (χ3v) is 8.36. The number of carboxylic acid groups (broad SMARTS) is 1. The number of carboxylic acids is 1. The highest BCUT2D eigenvalue weighted by Crippen LogP contribution is 2.40. The number of amides is 2. The van der Waals surface area contributed by atoms with Crippen LogP contribution in [-0.4, -0.2) is 61.2 Å². The van der Waals surface area contributed by atoms with Crippen molar-refractivity contribution >= 4 is 40.4 Å². The Bertz CT molecular complexity index is 1720. The average molecular weight is 559 g/mol. The first kappa shape index (κ1) is 25.8. The normalized spacial score (nSPS) is 19.7. The van der Waals surface area contributed by atoms with Crippen molar-refractivity contribution in [3.63, 3.8) is 0 Å². The number of carbonyl (C=O) groups excluding carboxylic acids is 1. The van der Waals surface area contributed by atoms with Crippen LogP contribution in [0.4, 0.5) is 22.1 Å². The van der Waals surface area contributed by atoms with E-state index in [0.29, 0.717) is 23.7 Å². The number of hydrogen-bond donors (Lipinski definition) is 1. The maximum absolute atomic E-state index is 14.3. The Morgan fingerprint density at radius 1 is 0.833 bits per heavy atom. The number of fused-ring (bicyclic) bond motifs is 3. The molecular weight excluding hydrogens is 528 g/mol. The Kier molecular flexibility index (Phi) is 6.34. The second kappa shape index (κ2) is 10.3. The Hall–Kier alpha value is -5.18. The van der Waals surface area contributed by atoms with E-state index in [1.807, 2.05) is 115 Å². The van der Waals surface area contributed by atoms with Gasteiger partial charge in [-0.2, -0.15) is 0 Å². The number of nitrogens with zero attached hydrogens (tertiary/aromatic N) is 6. The van der Waals surface area contributed by atoms with Gasteiger partial charge in [-0.05, 0) is 43.2 Å². The first-order chi connectivity index (χ1) is 20.5. The third-order valence-electron chi connectivity index (χ3n) is 8.36. The Balaban J connectivity index is 1.29. The van der Waals surface area contributed by atoms with Gasteiger partial charge in [0.25, 0.3) is 0 Å². The zero-order valence-electron chi connectivity index (χ0n) is 23.1. The molecule has 2 aliphatic rings. The van der Waals surface area contributed by atoms with Crippen LogP contribution in [0.15, 0.2) is 103 Å². The van der Waals surface area contributed by atoms with Crippen LogP contribution in [0.25, 0.3) is 22.3 Å². The molecule has 4 heterocycles. The number of urea groups is 1. The van der Waals surface area contributed by atoms with Crippen LogP contribution < -0.4 is 9.80 Å². The number of para-hydroxylation sites is 2. The third kappa shape index (κ3) is 4.25. The monoisotopic (exact) mass is 558 g/mol. The van der Waals surface area contributed by atoms with E-state index in [9.17, 15) is 14.7 Å². The Morgan fingerprint density at radius 2 is 1.45 bits per heavy atom. The van der Waals surface area contributed by atoms with Crippen LogP contribution in [0.5, 0.6) is 0 Å². The molecule has 210 valence electrons. The van der Waals surface area contributed by atoms with E-state index >= 15 is 0 Å². The summed E-state index contributed by atoms with van der Waals surface area (Å²) in [5.74, 6) is -0.537. The quantitative estimate of drug-likeness (QED) is 0.297. The van der Waals surface area contributed by atoms with Gasteiger partial charge in [-0.15, -0.1) is 0 Å². The molecule has 7 rings (SSSR count). The number of anilines is 3. The van der Waals surface area contributed by atoms with Gasteiger partial charge in [0.15, 0.2) is 6.04 Å². The van der Waals surface area contributed by atoms with Gasteiger partial charge >= 0.3 is 12.0 Å². The lowest BCUT2D eigenvalue weighted by molar-refractivity contribution is -0.143. The maximum Gasteiger partial charge on any atom is 0.329 e. The van der Waals surface area contributed by atoms with Crippen LogP contribution in [-0.2, 0) is 11.8 Å². The molecule has 2 fully saturated rings. The SMILES string of the molecule is Cn1ccc2nc(N3C4CC[C@@H]3[C@@H](C(=O)O)N(C(=O)N(c3ccccc3)c3ccccc3)C4)nc(-c3ccccc3)c21. The highest BCUT2D eigenvalue weighted by molar-refractivity contribution is 6.01. The van der Waals surface area contributed by atoms with E-state index in [4.69, 9.17) is 9.97 Å². The van der Waals surface area contributed by atoms with Crippen LogP contribution in [0.2, 0.25) is 0 Å². The maximum atomic E-state index is 14.3. The van der Waals surface area contributed by atoms with Crippen LogP contribution in [0.1, 0.15) is 12.8 Å². The molecule has 0 saturated carbocycles. The lowest BCUT2D eigenvalue weighted by atomic mass is 10.0. The molecule has 42 heavy (non-hydrogen) atoms. The summed E-state index contributed by atoms with van der Waals surface area (Å²) in [5.41, 5.74) is 4.83. The second-order valence-corrected chi connectivity index (χ2v) is 10.8. The van der Waals surface area contributed by atoms with E-state index in [-0.39, 0.29) is 18.6 Å². The Morgan fingerprint density at radius 3 is 2.07 bits per heavy atom. The molecule has 0 radical (unpaired) electrons. The van der Waals surface area contributed by atoms with E-state index in [1.54, 1.807) is 4.90 Å². The number of aryl methyl sites for hydroxylation is 1. The van der Waals surface area contributed by atoms with Gasteiger partial charge in [-0.3, -0.25) is 4.90 Å².